The summed E-state index contributed by atoms with van der Waals surface area (Å²) < 4.78 is 50.7. The minimum absolute atomic E-state index is 0.0677. The van der Waals surface area contributed by atoms with Crippen molar-refractivity contribution in [3.63, 3.8) is 0 Å². The first-order chi connectivity index (χ1) is 42.7. The van der Waals surface area contributed by atoms with E-state index in [0.717, 1.165) is 32.7 Å². The first-order valence-electron chi connectivity index (χ1n) is 27.5. The second kappa shape index (κ2) is 27.6. The summed E-state index contributed by atoms with van der Waals surface area (Å²) in [5.41, 5.74) is -3.57. The van der Waals surface area contributed by atoms with E-state index in [1.165, 1.54) is 22.1 Å². The molecule has 0 spiro atoms. The number of hydrogen-bond donors (Lipinski definition) is 2. The molecular formula is C65H60Br2N4O17. The number of hydrogen-bond acceptors (Lipinski definition) is 17. The maximum absolute atomic E-state index is 14.4. The van der Waals surface area contributed by atoms with Crippen LogP contribution in [0.1, 0.15) is 69.8 Å². The minimum Gasteiger partial charge on any atom is -0.497 e. The number of nitrogens with zero attached hydrogens (tertiary/aromatic N) is 4. The lowest BCUT2D eigenvalue weighted by Gasteiger charge is -2.37. The number of carbonyl (C=O) groups excluding carboxylic acids is 1. The molecule has 88 heavy (non-hydrogen) atoms. The molecule has 10 rings (SSSR count). The highest BCUT2D eigenvalue weighted by Crippen LogP contribution is 2.45. The van der Waals surface area contributed by atoms with Gasteiger partial charge in [-0.1, -0.05) is 151 Å². The molecule has 2 saturated heterocycles. The van der Waals surface area contributed by atoms with Crippen molar-refractivity contribution in [1.29, 1.82) is 0 Å². The third-order valence-corrected chi connectivity index (χ3v) is 15.9. The molecule has 21 nitrogen and oxygen atoms in total. The quantitative estimate of drug-likeness (QED) is 0.0610. The second-order valence-electron chi connectivity index (χ2n) is 20.3. The summed E-state index contributed by atoms with van der Waals surface area (Å²) in [4.78, 5) is 83.8. The van der Waals surface area contributed by atoms with Gasteiger partial charge in [-0.2, -0.15) is 4.79 Å². The molecule has 6 atom stereocenters. The SMILES string of the molecule is COc1ccc(C(OC[C@@H]2O[C@H](n3cc(C=CBr)c(=O)n(OC(=O)On4c(=O)c(C=CBr)cn([C@@H]5CC(O)[C@H](COC(c6ccccc6)(c6ccc(OC)cc6)c6ccc(OC)cc6)O5)c4=O)c3=O)CC2O)(c2ccccc2)c2ccc(OC)cc2)cc1. The molecule has 2 unspecified atom stereocenters. The second-order valence-corrected chi connectivity index (χ2v) is 21.3. The molecule has 4 heterocycles. The number of aliphatic hydroxyl groups is 2. The van der Waals surface area contributed by atoms with Crippen LogP contribution in [0.3, 0.4) is 0 Å². The molecular weight excluding hydrogens is 1270 g/mol. The molecule has 2 aromatic heterocycles. The summed E-state index contributed by atoms with van der Waals surface area (Å²) in [6.07, 6.45) is -4.65. The van der Waals surface area contributed by atoms with Crippen LogP contribution in [0.15, 0.2) is 199 Å². The predicted molar refractivity (Wildman–Crippen MR) is 330 cm³/mol. The van der Waals surface area contributed by atoms with Gasteiger partial charge >= 0.3 is 17.5 Å². The molecule has 23 heteroatoms. The molecule has 0 bridgehead atoms. The van der Waals surface area contributed by atoms with Gasteiger partial charge in [-0.15, -0.1) is 0 Å². The lowest BCUT2D eigenvalue weighted by Crippen LogP contribution is -2.51. The van der Waals surface area contributed by atoms with Crippen LogP contribution < -0.4 is 51.1 Å². The van der Waals surface area contributed by atoms with E-state index < -0.39 is 76.7 Å². The summed E-state index contributed by atoms with van der Waals surface area (Å²) in [7, 11) is 6.25. The van der Waals surface area contributed by atoms with Crippen molar-refractivity contribution in [1.82, 2.24) is 18.6 Å². The molecule has 2 aliphatic rings. The predicted octanol–water partition coefficient (Wildman–Crippen LogP) is 8.09. The maximum atomic E-state index is 14.4. The number of methoxy groups -OCH3 is 4. The Morgan fingerprint density at radius 3 is 1.07 bits per heavy atom. The number of aliphatic hydroxyl groups excluding tert-OH is 2. The van der Waals surface area contributed by atoms with E-state index in [0.29, 0.717) is 45.3 Å². The third kappa shape index (κ3) is 12.6. The van der Waals surface area contributed by atoms with Crippen LogP contribution in [0.5, 0.6) is 23.0 Å². The van der Waals surface area contributed by atoms with E-state index in [-0.39, 0.29) is 46.6 Å². The lowest BCUT2D eigenvalue weighted by molar-refractivity contribution is -0.0956. The Morgan fingerprint density at radius 2 is 0.784 bits per heavy atom. The standard InChI is InChI=1S/C65H60Br2N4O17/c1-79-49-23-15-45(16-24-49)64(43-11-7-5-8-12-43,46-17-25-50(80-2)26-18-46)83-39-55-53(72)35-57(85-55)68-37-41(31-33-66)59(74)70(61(68)76)87-63(78)88-71-60(75)42(32-34-67)38-69(62(71)77)58-36-54(73)56(86-58)40-84-65(44-13-9-6-10-14-44,47-19-27-51(81-3)28-20-47)48-21-29-52(82-4)30-22-48/h5-34,37-38,53-58,72-73H,35-36,39-40H2,1-4H3/t53?,54?,55-,56-,57-,58-/m0/s1. The zero-order chi connectivity index (χ0) is 62.1. The van der Waals surface area contributed by atoms with Crippen molar-refractivity contribution in [2.75, 3.05) is 41.7 Å². The summed E-state index contributed by atoms with van der Waals surface area (Å²) in [6, 6.07) is 48.3. The van der Waals surface area contributed by atoms with Crippen LogP contribution in [-0.4, -0.2) is 101 Å². The van der Waals surface area contributed by atoms with Gasteiger partial charge in [0, 0.05) is 25.2 Å². The van der Waals surface area contributed by atoms with E-state index in [1.807, 2.05) is 109 Å². The van der Waals surface area contributed by atoms with E-state index in [2.05, 4.69) is 31.9 Å². The smallest absolute Gasteiger partial charge is 0.497 e. The molecule has 456 valence electrons. The van der Waals surface area contributed by atoms with Gasteiger partial charge in [-0.25, -0.2) is 9.59 Å². The van der Waals surface area contributed by atoms with Gasteiger partial charge in [0.05, 0.1) is 65.0 Å². The average Bonchev–Trinajstić information content (AvgIpc) is 1.99. The van der Waals surface area contributed by atoms with Crippen LogP contribution in [0.4, 0.5) is 4.79 Å². The molecule has 6 aromatic carbocycles. The van der Waals surface area contributed by atoms with E-state index in [4.69, 9.17) is 47.6 Å². The van der Waals surface area contributed by atoms with E-state index in [1.54, 1.807) is 77.0 Å². The number of aromatic nitrogens is 4. The maximum Gasteiger partial charge on any atom is 0.560 e. The normalized spacial score (nSPS) is 18.6. The molecule has 2 aliphatic heterocycles. The first kappa shape index (κ1) is 62.4. The summed E-state index contributed by atoms with van der Waals surface area (Å²) in [5, 5.41) is 23.3. The van der Waals surface area contributed by atoms with Gasteiger partial charge in [-0.05, 0) is 104 Å². The van der Waals surface area contributed by atoms with Crippen LogP contribution in [0, 0.1) is 0 Å². The Balaban J connectivity index is 0.910. The monoisotopic (exact) mass is 1330 g/mol. The van der Waals surface area contributed by atoms with Gasteiger partial charge in [0.25, 0.3) is 11.1 Å². The molecule has 2 N–H and O–H groups in total. The fourth-order valence-corrected chi connectivity index (χ4v) is 11.4. The zero-order valence-electron chi connectivity index (χ0n) is 47.8. The fourth-order valence-electron chi connectivity index (χ4n) is 10.9. The Bertz CT molecular complexity index is 3670. The van der Waals surface area contributed by atoms with Gasteiger partial charge in [0.1, 0.15) is 58.9 Å². The largest absolute Gasteiger partial charge is 0.560 e. The molecule has 0 radical (unpaired) electrons. The average molecular weight is 1330 g/mol. The van der Waals surface area contributed by atoms with Crippen LogP contribution in [0.25, 0.3) is 12.2 Å². The number of benzene rings is 6. The molecule has 0 amide bonds. The first-order valence-corrected chi connectivity index (χ1v) is 29.4. The molecule has 0 aliphatic carbocycles. The van der Waals surface area contributed by atoms with Crippen molar-refractivity contribution < 1.29 is 62.6 Å². The number of ether oxygens (including phenoxy) is 8. The molecule has 2 fully saturated rings. The van der Waals surface area contributed by atoms with Gasteiger partial charge < -0.3 is 48.1 Å². The number of rotatable bonds is 22. The minimum atomic E-state index is -1.86. The molecule has 8 aromatic rings. The van der Waals surface area contributed by atoms with E-state index in [9.17, 15) is 34.2 Å². The number of halogens is 2. The van der Waals surface area contributed by atoms with Gasteiger partial charge in [0.15, 0.2) is 0 Å². The molecule has 0 saturated carbocycles. The lowest BCUT2D eigenvalue weighted by atomic mass is 9.80. The third-order valence-electron chi connectivity index (χ3n) is 15.3. The van der Waals surface area contributed by atoms with Crippen LogP contribution in [0.2, 0.25) is 0 Å². The highest BCUT2D eigenvalue weighted by molar-refractivity contribution is 9.11. The Hall–Kier alpha value is -8.65. The Kier molecular flexibility index (Phi) is 19.6. The topological polar surface area (TPSA) is 238 Å². The Labute approximate surface area is 520 Å². The number of carbonyl (C=O) groups is 1. The summed E-state index contributed by atoms with van der Waals surface area (Å²) in [6.45, 7) is -0.482. The fraction of sp³-hybridized carbons (Fsp3) is 0.246. The van der Waals surface area contributed by atoms with Crippen molar-refractivity contribution >= 4 is 50.2 Å². The van der Waals surface area contributed by atoms with E-state index >= 15 is 0 Å². The summed E-state index contributed by atoms with van der Waals surface area (Å²) in [5.74, 6) is 2.44. The van der Waals surface area contributed by atoms with Crippen molar-refractivity contribution in [3.8, 4) is 23.0 Å². The van der Waals surface area contributed by atoms with Crippen molar-refractivity contribution in [2.24, 2.45) is 0 Å². The van der Waals surface area contributed by atoms with Crippen LogP contribution in [-0.2, 0) is 30.1 Å². The van der Waals surface area contributed by atoms with Gasteiger partial charge in [-0.3, -0.25) is 28.4 Å². The van der Waals surface area contributed by atoms with Gasteiger partial charge in [0.2, 0.25) is 0 Å². The highest BCUT2D eigenvalue weighted by Gasteiger charge is 2.45. The summed E-state index contributed by atoms with van der Waals surface area (Å²) >= 11 is 6.31. The van der Waals surface area contributed by atoms with Crippen molar-refractivity contribution in [2.45, 2.75) is 60.9 Å². The highest BCUT2D eigenvalue weighted by atomic mass is 79.9. The van der Waals surface area contributed by atoms with Crippen molar-refractivity contribution in [3.05, 3.63) is 266 Å². The van der Waals surface area contributed by atoms with Crippen LogP contribution >= 0.6 is 31.9 Å². The zero-order valence-corrected chi connectivity index (χ0v) is 51.0. The Morgan fingerprint density at radius 1 is 0.489 bits per heavy atom.